The number of carboxylic acid groups (broad SMARTS) is 2. The second kappa shape index (κ2) is 20.8. The highest BCUT2D eigenvalue weighted by Crippen LogP contribution is 2.29. The SMILES string of the molecule is CCCCC[C@@H](C(=O)NCNC(=O)c1ccc(-c2ccc(C(=O)N[C@@H](CC(=O)O)C(=O)O)c(OCC)c2)o1)[C@@H](CC)N(C=O)OC(=O)c1c(C)ccnc1C. The molecule has 2 heterocycles. The summed E-state index contributed by atoms with van der Waals surface area (Å²) in [5.74, 6) is -6.29. The topological polar surface area (TPSA) is 244 Å². The van der Waals surface area contributed by atoms with Crippen molar-refractivity contribution >= 4 is 42.0 Å². The molecule has 0 unspecified atom stereocenters. The number of aliphatic carboxylic acids is 2. The molecule has 0 saturated heterocycles. The summed E-state index contributed by atoms with van der Waals surface area (Å²) in [5.41, 5.74) is 1.63. The predicted molar refractivity (Wildman–Crippen MR) is 196 cm³/mol. The van der Waals surface area contributed by atoms with Crippen LogP contribution in [-0.2, 0) is 24.0 Å². The number of aromatic nitrogens is 1. The Morgan fingerprint density at radius 3 is 2.33 bits per heavy atom. The number of hydrogen-bond donors (Lipinski definition) is 5. The summed E-state index contributed by atoms with van der Waals surface area (Å²) in [6.07, 6.45) is 4.15. The number of hydroxylamine groups is 2. The zero-order valence-corrected chi connectivity index (χ0v) is 31.4. The number of amides is 4. The van der Waals surface area contributed by atoms with Crippen LogP contribution in [0.3, 0.4) is 0 Å². The molecule has 0 fully saturated rings. The molecular formula is C38H47N5O12. The smallest absolute Gasteiger partial charge is 0.365 e. The Hall–Kier alpha value is -6.26. The number of nitrogens with one attached hydrogen (secondary N) is 3. The highest BCUT2D eigenvalue weighted by molar-refractivity contribution is 6.00. The van der Waals surface area contributed by atoms with Gasteiger partial charge in [-0.05, 0) is 69.5 Å². The highest BCUT2D eigenvalue weighted by Gasteiger charge is 2.34. The van der Waals surface area contributed by atoms with Gasteiger partial charge in [-0.2, -0.15) is 5.06 Å². The number of aryl methyl sites for hydroxylation is 2. The third-order valence-electron chi connectivity index (χ3n) is 8.64. The number of carboxylic acids is 2. The molecule has 0 aliphatic carbocycles. The second-order valence-corrected chi connectivity index (χ2v) is 12.5. The van der Waals surface area contributed by atoms with Crippen LogP contribution >= 0.6 is 0 Å². The first-order valence-electron chi connectivity index (χ1n) is 17.8. The number of benzene rings is 1. The van der Waals surface area contributed by atoms with Gasteiger partial charge >= 0.3 is 17.9 Å². The molecular weight excluding hydrogens is 718 g/mol. The number of carbonyl (C=O) groups is 7. The molecule has 0 bridgehead atoms. The maximum atomic E-state index is 13.6. The van der Waals surface area contributed by atoms with E-state index in [4.69, 9.17) is 19.1 Å². The van der Waals surface area contributed by atoms with Gasteiger partial charge in [0.2, 0.25) is 12.3 Å². The number of furan rings is 1. The summed E-state index contributed by atoms with van der Waals surface area (Å²) in [4.78, 5) is 96.9. The zero-order valence-electron chi connectivity index (χ0n) is 31.4. The number of pyridine rings is 1. The maximum absolute atomic E-state index is 13.6. The van der Waals surface area contributed by atoms with Gasteiger partial charge in [-0.15, -0.1) is 0 Å². The lowest BCUT2D eigenvalue weighted by molar-refractivity contribution is -0.171. The Kier molecular flexibility index (Phi) is 16.3. The van der Waals surface area contributed by atoms with Crippen molar-refractivity contribution < 1.29 is 57.8 Å². The lowest BCUT2D eigenvalue weighted by Crippen LogP contribution is -2.49. The number of hydrogen-bond acceptors (Lipinski definition) is 11. The van der Waals surface area contributed by atoms with Crippen LogP contribution in [0.4, 0.5) is 0 Å². The highest BCUT2D eigenvalue weighted by atomic mass is 16.7. The van der Waals surface area contributed by atoms with Gasteiger partial charge in [0.1, 0.15) is 17.6 Å². The Morgan fingerprint density at radius 2 is 1.71 bits per heavy atom. The lowest BCUT2D eigenvalue weighted by atomic mass is 9.90. The molecule has 0 saturated carbocycles. The summed E-state index contributed by atoms with van der Waals surface area (Å²) < 4.78 is 11.3. The molecule has 2 aromatic heterocycles. The molecule has 0 radical (unpaired) electrons. The largest absolute Gasteiger partial charge is 0.493 e. The van der Waals surface area contributed by atoms with Crippen LogP contribution in [0.25, 0.3) is 11.3 Å². The Bertz CT molecular complexity index is 1840. The molecule has 0 aliphatic rings. The normalized spacial score (nSPS) is 12.4. The van der Waals surface area contributed by atoms with E-state index in [1.807, 2.05) is 6.92 Å². The van der Waals surface area contributed by atoms with Gasteiger partial charge in [0.15, 0.2) is 5.76 Å². The Morgan fingerprint density at radius 1 is 0.964 bits per heavy atom. The van der Waals surface area contributed by atoms with Gasteiger partial charge in [-0.1, -0.05) is 39.2 Å². The minimum Gasteiger partial charge on any atom is -0.493 e. The number of carbonyl (C=O) groups excluding carboxylic acids is 5. The molecule has 0 spiro atoms. The summed E-state index contributed by atoms with van der Waals surface area (Å²) >= 11 is 0. The van der Waals surface area contributed by atoms with Crippen molar-refractivity contribution in [3.05, 3.63) is 70.7 Å². The van der Waals surface area contributed by atoms with Crippen LogP contribution in [0.5, 0.6) is 5.75 Å². The first-order valence-corrected chi connectivity index (χ1v) is 17.8. The Balaban J connectivity index is 1.71. The van der Waals surface area contributed by atoms with Gasteiger partial charge in [0.25, 0.3) is 11.8 Å². The van der Waals surface area contributed by atoms with E-state index in [0.29, 0.717) is 36.1 Å². The third kappa shape index (κ3) is 11.9. The van der Waals surface area contributed by atoms with E-state index in [2.05, 4.69) is 20.9 Å². The fourth-order valence-electron chi connectivity index (χ4n) is 5.86. The molecule has 3 rings (SSSR count). The fourth-order valence-corrected chi connectivity index (χ4v) is 5.86. The first-order chi connectivity index (χ1) is 26.3. The van der Waals surface area contributed by atoms with Crippen LogP contribution in [-0.4, -0.2) is 87.7 Å². The monoisotopic (exact) mass is 765 g/mol. The average Bonchev–Trinajstić information content (AvgIpc) is 3.64. The van der Waals surface area contributed by atoms with Crippen molar-refractivity contribution in [2.45, 2.75) is 85.2 Å². The molecule has 3 atom stereocenters. The van der Waals surface area contributed by atoms with E-state index in [1.165, 1.54) is 30.3 Å². The van der Waals surface area contributed by atoms with E-state index in [1.54, 1.807) is 40.0 Å². The number of nitrogens with zero attached hydrogens (tertiary/aromatic N) is 2. The predicted octanol–water partition coefficient (Wildman–Crippen LogP) is 4.02. The van der Waals surface area contributed by atoms with E-state index < -0.39 is 60.1 Å². The van der Waals surface area contributed by atoms with Crippen LogP contribution < -0.4 is 20.7 Å². The zero-order chi connectivity index (χ0) is 40.7. The molecule has 55 heavy (non-hydrogen) atoms. The summed E-state index contributed by atoms with van der Waals surface area (Å²) in [6.45, 7) is 8.67. The van der Waals surface area contributed by atoms with E-state index in [-0.39, 0.29) is 48.1 Å². The summed E-state index contributed by atoms with van der Waals surface area (Å²) in [7, 11) is 0. The third-order valence-corrected chi connectivity index (χ3v) is 8.64. The molecule has 296 valence electrons. The molecule has 4 amide bonds. The average molecular weight is 766 g/mol. The van der Waals surface area contributed by atoms with Gasteiger partial charge in [-0.25, -0.2) is 9.59 Å². The molecule has 0 aliphatic heterocycles. The van der Waals surface area contributed by atoms with Crippen molar-refractivity contribution in [3.63, 3.8) is 0 Å². The quantitative estimate of drug-likeness (QED) is 0.0421. The number of ether oxygens (including phenoxy) is 1. The van der Waals surface area contributed by atoms with Gasteiger partial charge in [0.05, 0.1) is 48.5 Å². The van der Waals surface area contributed by atoms with Crippen LogP contribution in [0.15, 0.2) is 47.0 Å². The van der Waals surface area contributed by atoms with Crippen molar-refractivity contribution in [1.29, 1.82) is 0 Å². The van der Waals surface area contributed by atoms with Crippen molar-refractivity contribution in [1.82, 2.24) is 26.0 Å². The molecule has 1 aromatic carbocycles. The minimum absolute atomic E-state index is 0.0473. The maximum Gasteiger partial charge on any atom is 0.365 e. The summed E-state index contributed by atoms with van der Waals surface area (Å²) in [6, 6.07) is 6.36. The van der Waals surface area contributed by atoms with Crippen LogP contribution in [0.2, 0.25) is 0 Å². The molecule has 5 N–H and O–H groups in total. The summed E-state index contributed by atoms with van der Waals surface area (Å²) in [5, 5.41) is 26.6. The van der Waals surface area contributed by atoms with Gasteiger partial charge in [0, 0.05) is 11.8 Å². The van der Waals surface area contributed by atoms with E-state index >= 15 is 0 Å². The number of rotatable bonds is 22. The van der Waals surface area contributed by atoms with Crippen molar-refractivity contribution in [2.75, 3.05) is 13.3 Å². The Labute approximate surface area is 317 Å². The van der Waals surface area contributed by atoms with Gasteiger partial charge < -0.3 is 40.2 Å². The van der Waals surface area contributed by atoms with E-state index in [0.717, 1.165) is 17.9 Å². The second-order valence-electron chi connectivity index (χ2n) is 12.5. The fraction of sp³-hybridized carbons (Fsp3) is 0.421. The minimum atomic E-state index is -1.67. The van der Waals surface area contributed by atoms with Crippen LogP contribution in [0, 0.1) is 19.8 Å². The van der Waals surface area contributed by atoms with Gasteiger partial charge in [-0.3, -0.25) is 29.0 Å². The molecule has 3 aromatic rings. The lowest BCUT2D eigenvalue weighted by Gasteiger charge is -2.32. The van der Waals surface area contributed by atoms with E-state index in [9.17, 15) is 38.7 Å². The first kappa shape index (κ1) is 43.1. The number of unbranched alkanes of at least 4 members (excludes halogenated alkanes) is 2. The van der Waals surface area contributed by atoms with Crippen molar-refractivity contribution in [3.8, 4) is 17.1 Å². The van der Waals surface area contributed by atoms with Crippen molar-refractivity contribution in [2.24, 2.45) is 5.92 Å². The molecule has 17 heteroatoms. The van der Waals surface area contributed by atoms with Crippen LogP contribution in [0.1, 0.15) is 102 Å². The standard InChI is InChI=1S/C38H47N5O12/c1-6-9-10-11-25(28(7-2)43(21-44)55-38(52)33-22(4)16-17-39-23(33)5)34(47)40-20-41-36(49)30-15-14-29(54-30)24-12-13-26(31(18-24)53-8-3)35(48)42-27(37(50)51)19-32(45)46/h12-18,21,25,27-28H,6-11,19-20H2,1-5H3,(H,40,47)(H,41,49)(H,42,48)(H,45,46)(H,50,51)/t25-,27+,28-/m1/s1. The molecule has 17 nitrogen and oxygen atoms in total.